The largest absolute Gasteiger partial charge is 0.497 e. The lowest BCUT2D eigenvalue weighted by molar-refractivity contribution is 0.396. The number of unbranched alkanes of at least 4 members (excludes halogenated alkanes) is 1. The maximum atomic E-state index is 11.6. The van der Waals surface area contributed by atoms with Crippen molar-refractivity contribution in [1.29, 1.82) is 0 Å². The first-order chi connectivity index (χ1) is 13.2. The maximum absolute atomic E-state index is 11.6. The van der Waals surface area contributed by atoms with E-state index in [1.165, 1.54) is 36.0 Å². The molecule has 3 aromatic rings. The molecule has 0 fully saturated rings. The first-order valence-electron chi connectivity index (χ1n) is 9.74. The molecular formula is C23H26N2O2. The number of H-pyrrole nitrogens is 1. The van der Waals surface area contributed by atoms with Gasteiger partial charge in [-0.05, 0) is 65.3 Å². The molecule has 0 aliphatic carbocycles. The molecule has 0 amide bonds. The summed E-state index contributed by atoms with van der Waals surface area (Å²) in [6.45, 7) is 2.24. The molecule has 4 heteroatoms. The number of aromatic nitrogens is 1. The Morgan fingerprint density at radius 3 is 2.81 bits per heavy atom. The van der Waals surface area contributed by atoms with Crippen molar-refractivity contribution in [3.05, 3.63) is 75.6 Å². The summed E-state index contributed by atoms with van der Waals surface area (Å²) < 4.78 is 5.45. The highest BCUT2D eigenvalue weighted by Crippen LogP contribution is 2.34. The molecule has 140 valence electrons. The van der Waals surface area contributed by atoms with E-state index in [1.807, 2.05) is 18.2 Å². The van der Waals surface area contributed by atoms with Gasteiger partial charge >= 0.3 is 0 Å². The van der Waals surface area contributed by atoms with E-state index in [9.17, 15) is 4.79 Å². The summed E-state index contributed by atoms with van der Waals surface area (Å²) in [6, 6.07) is 16.8. The van der Waals surface area contributed by atoms with Crippen molar-refractivity contribution in [2.45, 2.75) is 44.7 Å². The van der Waals surface area contributed by atoms with E-state index < -0.39 is 0 Å². The molecule has 2 atom stereocenters. The summed E-state index contributed by atoms with van der Waals surface area (Å²) in [7, 11) is 1.72. The molecule has 2 aromatic carbocycles. The van der Waals surface area contributed by atoms with Crippen molar-refractivity contribution in [2.24, 2.45) is 0 Å². The zero-order valence-corrected chi connectivity index (χ0v) is 15.9. The topological polar surface area (TPSA) is 54.1 Å². The van der Waals surface area contributed by atoms with Crippen molar-refractivity contribution in [3.8, 4) is 5.75 Å². The van der Waals surface area contributed by atoms with Crippen LogP contribution in [-0.4, -0.2) is 18.1 Å². The second kappa shape index (κ2) is 7.57. The first-order valence-corrected chi connectivity index (χ1v) is 9.74. The number of rotatable bonds is 5. The molecular weight excluding hydrogens is 336 g/mol. The summed E-state index contributed by atoms with van der Waals surface area (Å²) in [4.78, 5) is 14.5. The summed E-state index contributed by atoms with van der Waals surface area (Å²) in [5.74, 6) is 0.916. The average molecular weight is 362 g/mol. The zero-order chi connectivity index (χ0) is 18.8. The van der Waals surface area contributed by atoms with Crippen molar-refractivity contribution >= 4 is 10.9 Å². The Morgan fingerprint density at radius 2 is 2.00 bits per heavy atom. The highest BCUT2D eigenvalue weighted by Gasteiger charge is 2.27. The number of aromatic amines is 1. The monoisotopic (exact) mass is 362 g/mol. The fourth-order valence-corrected chi connectivity index (χ4v) is 4.08. The third-order valence-electron chi connectivity index (χ3n) is 5.52. The molecule has 2 N–H and O–H groups in total. The van der Waals surface area contributed by atoms with Gasteiger partial charge in [0.25, 0.3) is 0 Å². The third-order valence-corrected chi connectivity index (χ3v) is 5.52. The molecule has 0 spiro atoms. The van der Waals surface area contributed by atoms with Crippen molar-refractivity contribution in [3.63, 3.8) is 0 Å². The SMILES string of the molecule is CCCC[C@H]1Cc2cc(OC)ccc2C(c2ccc3[nH]c(=O)ccc3c2)N1. The van der Waals surface area contributed by atoms with Gasteiger partial charge in [0.05, 0.1) is 13.2 Å². The number of fused-ring (bicyclic) bond motifs is 2. The molecule has 0 saturated carbocycles. The number of pyridine rings is 1. The van der Waals surface area contributed by atoms with Crippen LogP contribution in [0.25, 0.3) is 10.9 Å². The molecule has 1 unspecified atom stereocenters. The molecule has 2 heterocycles. The van der Waals surface area contributed by atoms with Gasteiger partial charge in [-0.1, -0.05) is 31.9 Å². The zero-order valence-electron chi connectivity index (χ0n) is 15.9. The minimum atomic E-state index is -0.0666. The Kier molecular flexibility index (Phi) is 4.99. The smallest absolute Gasteiger partial charge is 0.248 e. The molecule has 1 aliphatic rings. The van der Waals surface area contributed by atoms with Gasteiger partial charge in [0.15, 0.2) is 0 Å². The van der Waals surface area contributed by atoms with E-state index in [1.54, 1.807) is 13.2 Å². The Labute approximate surface area is 159 Å². The van der Waals surface area contributed by atoms with E-state index in [-0.39, 0.29) is 11.6 Å². The lowest BCUT2D eigenvalue weighted by Gasteiger charge is -2.34. The van der Waals surface area contributed by atoms with Crippen molar-refractivity contribution in [2.75, 3.05) is 7.11 Å². The number of nitrogens with one attached hydrogen (secondary N) is 2. The fraction of sp³-hybridized carbons (Fsp3) is 0.348. The Bertz CT molecular complexity index is 1010. The predicted molar refractivity (Wildman–Crippen MR) is 110 cm³/mol. The van der Waals surface area contributed by atoms with Crippen LogP contribution in [0.3, 0.4) is 0 Å². The van der Waals surface area contributed by atoms with E-state index in [0.29, 0.717) is 6.04 Å². The molecule has 1 aromatic heterocycles. The number of methoxy groups -OCH3 is 1. The average Bonchev–Trinajstić information content (AvgIpc) is 2.70. The van der Waals surface area contributed by atoms with E-state index in [2.05, 4.69) is 41.5 Å². The van der Waals surface area contributed by atoms with Gasteiger partial charge in [-0.15, -0.1) is 0 Å². The molecule has 4 rings (SSSR count). The van der Waals surface area contributed by atoms with Crippen LogP contribution < -0.4 is 15.6 Å². The highest BCUT2D eigenvalue weighted by molar-refractivity contribution is 5.79. The number of benzene rings is 2. The molecule has 4 nitrogen and oxygen atoms in total. The van der Waals surface area contributed by atoms with Crippen LogP contribution in [0, 0.1) is 0 Å². The maximum Gasteiger partial charge on any atom is 0.248 e. The lowest BCUT2D eigenvalue weighted by atomic mass is 9.85. The van der Waals surface area contributed by atoms with Crippen LogP contribution in [0.5, 0.6) is 5.75 Å². The van der Waals surface area contributed by atoms with E-state index >= 15 is 0 Å². The van der Waals surface area contributed by atoms with Gasteiger partial charge in [-0.25, -0.2) is 0 Å². The second-order valence-corrected chi connectivity index (χ2v) is 7.38. The normalized spacial score (nSPS) is 19.0. The van der Waals surface area contributed by atoms with E-state index in [4.69, 9.17) is 4.74 Å². The minimum absolute atomic E-state index is 0.0666. The quantitative estimate of drug-likeness (QED) is 0.710. The summed E-state index contributed by atoms with van der Waals surface area (Å²) in [5.41, 5.74) is 4.71. The summed E-state index contributed by atoms with van der Waals surface area (Å²) >= 11 is 0. The fourth-order valence-electron chi connectivity index (χ4n) is 4.08. The summed E-state index contributed by atoms with van der Waals surface area (Å²) in [6.07, 6.45) is 4.63. The standard InChI is InChI=1S/C23H26N2O2/c1-3-4-5-18-13-17-14-19(27-2)8-9-20(17)23(24-18)16-6-10-21-15(12-16)7-11-22(26)25-21/h6-12,14,18,23-24H,3-5,13H2,1-2H3,(H,25,26)/t18-,23?/m0/s1. The molecule has 0 bridgehead atoms. The number of hydrogen-bond donors (Lipinski definition) is 2. The second-order valence-electron chi connectivity index (χ2n) is 7.38. The Balaban J connectivity index is 1.76. The van der Waals surface area contributed by atoms with Gasteiger partial charge in [-0.2, -0.15) is 0 Å². The van der Waals surface area contributed by atoms with Crippen molar-refractivity contribution < 1.29 is 4.74 Å². The lowest BCUT2D eigenvalue weighted by Crippen LogP contribution is -2.40. The van der Waals surface area contributed by atoms with Crippen LogP contribution in [0.15, 0.2) is 53.3 Å². The van der Waals surface area contributed by atoms with Crippen LogP contribution in [0.1, 0.15) is 48.9 Å². The van der Waals surface area contributed by atoms with Crippen LogP contribution in [0.4, 0.5) is 0 Å². The first kappa shape index (κ1) is 17.8. The van der Waals surface area contributed by atoms with Gasteiger partial charge in [0.2, 0.25) is 5.56 Å². The number of hydrogen-bond acceptors (Lipinski definition) is 3. The molecule has 27 heavy (non-hydrogen) atoms. The Hall–Kier alpha value is -2.59. The molecule has 0 saturated heterocycles. The Morgan fingerprint density at radius 1 is 1.11 bits per heavy atom. The predicted octanol–water partition coefficient (Wildman–Crippen LogP) is 4.33. The van der Waals surface area contributed by atoms with Crippen LogP contribution >= 0.6 is 0 Å². The highest BCUT2D eigenvalue weighted by atomic mass is 16.5. The van der Waals surface area contributed by atoms with Gasteiger partial charge in [0, 0.05) is 17.6 Å². The third kappa shape index (κ3) is 3.62. The molecule has 1 aliphatic heterocycles. The summed E-state index contributed by atoms with van der Waals surface area (Å²) in [5, 5.41) is 4.92. The van der Waals surface area contributed by atoms with Gasteiger partial charge in [0.1, 0.15) is 5.75 Å². The molecule has 0 radical (unpaired) electrons. The van der Waals surface area contributed by atoms with Gasteiger partial charge in [-0.3, -0.25) is 4.79 Å². The van der Waals surface area contributed by atoms with Crippen LogP contribution in [-0.2, 0) is 6.42 Å². The van der Waals surface area contributed by atoms with Gasteiger partial charge < -0.3 is 15.0 Å². The van der Waals surface area contributed by atoms with Crippen molar-refractivity contribution in [1.82, 2.24) is 10.3 Å². The van der Waals surface area contributed by atoms with Crippen LogP contribution in [0.2, 0.25) is 0 Å². The van der Waals surface area contributed by atoms with E-state index in [0.717, 1.165) is 23.1 Å². The minimum Gasteiger partial charge on any atom is -0.497 e. The number of ether oxygens (including phenoxy) is 1.